The number of hydrogen-bond donors (Lipinski definition) is 1. The van der Waals surface area contributed by atoms with Crippen molar-refractivity contribution < 1.29 is 0 Å². The van der Waals surface area contributed by atoms with Gasteiger partial charge in [-0.15, -0.1) is 0 Å². The van der Waals surface area contributed by atoms with Gasteiger partial charge >= 0.3 is 0 Å². The molecule has 3 rings (SSSR count). The van der Waals surface area contributed by atoms with Crippen LogP contribution in [0.15, 0.2) is 47.3 Å². The molecule has 0 amide bonds. The second-order valence-corrected chi connectivity index (χ2v) is 6.96. The lowest BCUT2D eigenvalue weighted by molar-refractivity contribution is 0.590. The molecule has 4 nitrogen and oxygen atoms in total. The zero-order chi connectivity index (χ0) is 16.8. The highest BCUT2D eigenvalue weighted by molar-refractivity contribution is 5.80. The summed E-state index contributed by atoms with van der Waals surface area (Å²) in [6.07, 6.45) is 0. The third kappa shape index (κ3) is 2.72. The Morgan fingerprint density at radius 3 is 2.30 bits per heavy atom. The number of aryl methyl sites for hydroxylation is 1. The molecule has 0 unspecified atom stereocenters. The number of benzene rings is 2. The fourth-order valence-electron chi connectivity index (χ4n) is 2.64. The predicted octanol–water partition coefficient (Wildman–Crippen LogP) is 3.38. The summed E-state index contributed by atoms with van der Waals surface area (Å²) in [6.45, 7) is 8.44. The second-order valence-electron chi connectivity index (χ2n) is 6.96. The van der Waals surface area contributed by atoms with E-state index in [1.165, 1.54) is 5.56 Å². The minimum Gasteiger partial charge on any atom is -0.334 e. The molecule has 23 heavy (non-hydrogen) atoms. The number of nitrogens with two attached hydrogens (primary N) is 1. The lowest BCUT2D eigenvalue weighted by atomic mass is 9.86. The highest BCUT2D eigenvalue weighted by Crippen LogP contribution is 2.25. The van der Waals surface area contributed by atoms with Crippen LogP contribution in [-0.4, -0.2) is 9.66 Å². The fraction of sp³-hybridized carbons (Fsp3) is 0.263. The van der Waals surface area contributed by atoms with Crippen molar-refractivity contribution in [3.63, 3.8) is 0 Å². The largest absolute Gasteiger partial charge is 0.334 e. The summed E-state index contributed by atoms with van der Waals surface area (Å²) in [5.41, 5.74) is 3.59. The van der Waals surface area contributed by atoms with Gasteiger partial charge < -0.3 is 5.84 Å². The van der Waals surface area contributed by atoms with E-state index < -0.39 is 0 Å². The maximum atomic E-state index is 12.5. The van der Waals surface area contributed by atoms with Crippen LogP contribution in [0, 0.1) is 6.92 Å². The molecule has 3 aromatic rings. The van der Waals surface area contributed by atoms with Crippen molar-refractivity contribution in [1.82, 2.24) is 9.66 Å². The van der Waals surface area contributed by atoms with Gasteiger partial charge in [0.05, 0.1) is 10.9 Å². The van der Waals surface area contributed by atoms with E-state index in [4.69, 9.17) is 5.84 Å². The predicted molar refractivity (Wildman–Crippen MR) is 95.0 cm³/mol. The van der Waals surface area contributed by atoms with Gasteiger partial charge in [-0.2, -0.15) is 0 Å². The third-order valence-electron chi connectivity index (χ3n) is 4.06. The Balaban J connectivity index is 2.19. The van der Waals surface area contributed by atoms with E-state index in [0.717, 1.165) is 15.8 Å². The molecule has 0 radical (unpaired) electrons. The summed E-state index contributed by atoms with van der Waals surface area (Å²) in [6, 6.07) is 13.7. The molecule has 0 saturated heterocycles. The van der Waals surface area contributed by atoms with Crippen molar-refractivity contribution in [1.29, 1.82) is 0 Å². The van der Waals surface area contributed by atoms with Crippen LogP contribution in [0.1, 0.15) is 31.9 Å². The fourth-order valence-corrected chi connectivity index (χ4v) is 2.64. The molecule has 0 aliphatic rings. The van der Waals surface area contributed by atoms with E-state index in [-0.39, 0.29) is 11.0 Å². The van der Waals surface area contributed by atoms with Crippen molar-refractivity contribution in [2.75, 3.05) is 5.84 Å². The first-order chi connectivity index (χ1) is 10.8. The molecule has 0 saturated carbocycles. The number of hydrogen-bond acceptors (Lipinski definition) is 3. The molecular weight excluding hydrogens is 286 g/mol. The van der Waals surface area contributed by atoms with Crippen molar-refractivity contribution in [3.05, 3.63) is 63.9 Å². The van der Waals surface area contributed by atoms with Crippen molar-refractivity contribution in [3.8, 4) is 11.4 Å². The zero-order valence-electron chi connectivity index (χ0n) is 13.9. The molecule has 2 N–H and O–H groups in total. The molecule has 1 heterocycles. The molecule has 0 aliphatic carbocycles. The Bertz CT molecular complexity index is 932. The van der Waals surface area contributed by atoms with Crippen LogP contribution in [0.4, 0.5) is 0 Å². The minimum atomic E-state index is -0.228. The third-order valence-corrected chi connectivity index (χ3v) is 4.06. The first-order valence-corrected chi connectivity index (χ1v) is 7.67. The first kappa shape index (κ1) is 15.3. The van der Waals surface area contributed by atoms with Gasteiger partial charge in [-0.05, 0) is 30.0 Å². The van der Waals surface area contributed by atoms with Crippen LogP contribution in [-0.2, 0) is 5.41 Å². The van der Waals surface area contributed by atoms with Gasteiger partial charge in [0.25, 0.3) is 5.56 Å². The normalized spacial score (nSPS) is 11.8. The van der Waals surface area contributed by atoms with E-state index in [1.54, 1.807) is 0 Å². The van der Waals surface area contributed by atoms with E-state index >= 15 is 0 Å². The standard InChI is InChI=1S/C19H21N3O/c1-12-5-10-16-15(11-12)18(23)22(20)17(21-16)13-6-8-14(9-7-13)19(2,3)4/h5-11H,20H2,1-4H3. The Labute approximate surface area is 135 Å². The van der Waals surface area contributed by atoms with Gasteiger partial charge in [-0.25, -0.2) is 9.66 Å². The smallest absolute Gasteiger partial charge is 0.280 e. The number of aromatic nitrogens is 2. The molecule has 118 valence electrons. The van der Waals surface area contributed by atoms with E-state index in [0.29, 0.717) is 16.7 Å². The van der Waals surface area contributed by atoms with Crippen LogP contribution in [0.3, 0.4) is 0 Å². The second kappa shape index (κ2) is 5.23. The van der Waals surface area contributed by atoms with Crippen molar-refractivity contribution >= 4 is 10.9 Å². The first-order valence-electron chi connectivity index (χ1n) is 7.67. The Kier molecular flexibility index (Phi) is 3.48. The molecular formula is C19H21N3O. The van der Waals surface area contributed by atoms with Crippen LogP contribution in [0.2, 0.25) is 0 Å². The maximum absolute atomic E-state index is 12.5. The zero-order valence-corrected chi connectivity index (χ0v) is 13.9. The van der Waals surface area contributed by atoms with E-state index in [2.05, 4.69) is 37.9 Å². The molecule has 0 spiro atoms. The lowest BCUT2D eigenvalue weighted by Crippen LogP contribution is -2.30. The quantitative estimate of drug-likeness (QED) is 0.701. The minimum absolute atomic E-state index is 0.0786. The molecule has 0 bridgehead atoms. The van der Waals surface area contributed by atoms with Crippen molar-refractivity contribution in [2.45, 2.75) is 33.1 Å². The average Bonchev–Trinajstić information content (AvgIpc) is 2.51. The molecule has 0 aliphatic heterocycles. The lowest BCUT2D eigenvalue weighted by Gasteiger charge is -2.19. The molecule has 4 heteroatoms. The van der Waals surface area contributed by atoms with E-state index in [1.807, 2.05) is 37.3 Å². The van der Waals surface area contributed by atoms with Crippen molar-refractivity contribution in [2.24, 2.45) is 0 Å². The van der Waals surface area contributed by atoms with Crippen LogP contribution < -0.4 is 11.4 Å². The summed E-state index contributed by atoms with van der Waals surface area (Å²) in [5, 5.41) is 0.544. The van der Waals surface area contributed by atoms with Crippen LogP contribution in [0.5, 0.6) is 0 Å². The highest BCUT2D eigenvalue weighted by Gasteiger charge is 2.15. The highest BCUT2D eigenvalue weighted by atomic mass is 16.1. The van der Waals surface area contributed by atoms with Gasteiger partial charge in [0, 0.05) is 5.56 Å². The molecule has 0 atom stereocenters. The van der Waals surface area contributed by atoms with Gasteiger partial charge in [0.1, 0.15) is 0 Å². The van der Waals surface area contributed by atoms with Gasteiger partial charge in [-0.3, -0.25) is 4.79 Å². The van der Waals surface area contributed by atoms with Crippen LogP contribution >= 0.6 is 0 Å². The molecule has 0 fully saturated rings. The monoisotopic (exact) mass is 307 g/mol. The van der Waals surface area contributed by atoms with E-state index in [9.17, 15) is 4.79 Å². The summed E-state index contributed by atoms with van der Waals surface area (Å²) in [5.74, 6) is 6.47. The SMILES string of the molecule is Cc1ccc2nc(-c3ccc(C(C)(C)C)cc3)n(N)c(=O)c2c1. The van der Waals surface area contributed by atoms with Gasteiger partial charge in [-0.1, -0.05) is 56.7 Å². The average molecular weight is 307 g/mol. The topological polar surface area (TPSA) is 60.9 Å². The summed E-state index contributed by atoms with van der Waals surface area (Å²) in [7, 11) is 0. The summed E-state index contributed by atoms with van der Waals surface area (Å²) in [4.78, 5) is 17.1. The number of nitrogens with zero attached hydrogens (tertiary/aromatic N) is 2. The molecule has 1 aromatic heterocycles. The summed E-state index contributed by atoms with van der Waals surface area (Å²) < 4.78 is 1.13. The Morgan fingerprint density at radius 2 is 1.70 bits per heavy atom. The van der Waals surface area contributed by atoms with Gasteiger partial charge in [0.2, 0.25) is 0 Å². The Morgan fingerprint density at radius 1 is 1.04 bits per heavy atom. The van der Waals surface area contributed by atoms with Crippen LogP contribution in [0.25, 0.3) is 22.3 Å². The summed E-state index contributed by atoms with van der Waals surface area (Å²) >= 11 is 0. The number of nitrogen functional groups attached to an aromatic ring is 1. The Hall–Kier alpha value is -2.62. The molecule has 2 aromatic carbocycles. The number of rotatable bonds is 1. The number of fused-ring (bicyclic) bond motifs is 1. The maximum Gasteiger partial charge on any atom is 0.280 e. The van der Waals surface area contributed by atoms with Gasteiger partial charge in [0.15, 0.2) is 5.82 Å².